The number of fused-ring (bicyclic) bond motifs is 15. The van der Waals surface area contributed by atoms with Crippen molar-refractivity contribution in [1.29, 1.82) is 0 Å². The predicted octanol–water partition coefficient (Wildman–Crippen LogP) is 16.8. The number of thiophene rings is 1. The van der Waals surface area contributed by atoms with Crippen molar-refractivity contribution in [1.82, 2.24) is 4.57 Å². The Hall–Kier alpha value is -8.18. The first kappa shape index (κ1) is 36.3. The Balaban J connectivity index is 1.14. The maximum atomic E-state index is 2.55. The van der Waals surface area contributed by atoms with Crippen LogP contribution in [0.15, 0.2) is 237 Å². The lowest BCUT2D eigenvalue weighted by Crippen LogP contribution is -2.33. The standard InChI is InChI=1S/C61H39N3S/c1-4-19-40(20-5-1)62(41-21-6-2-7-22-41)55-37-38-57-58(48-28-13-17-34-56(48)65-57)60(55)63(42-23-8-3-9-24-42)43-35-36-54-52(39-43)61(49-30-14-10-25-44(49)45-26-11-15-31-50(45)61)51-32-18-29-47-46-27-12-16-33-53(46)64(54)59(47)51/h1-39H. The van der Waals surface area contributed by atoms with E-state index in [4.69, 9.17) is 0 Å². The highest BCUT2D eigenvalue weighted by atomic mass is 32.1. The van der Waals surface area contributed by atoms with E-state index in [1.54, 1.807) is 0 Å². The van der Waals surface area contributed by atoms with Gasteiger partial charge in [-0.15, -0.1) is 11.3 Å². The zero-order valence-electron chi connectivity index (χ0n) is 35.3. The van der Waals surface area contributed by atoms with E-state index in [2.05, 4.69) is 251 Å². The predicted molar refractivity (Wildman–Crippen MR) is 274 cm³/mol. The number of rotatable bonds is 6. The van der Waals surface area contributed by atoms with Gasteiger partial charge in [-0.2, -0.15) is 0 Å². The molecule has 1 aliphatic carbocycles. The van der Waals surface area contributed by atoms with E-state index in [-0.39, 0.29) is 0 Å². The number of hydrogen-bond acceptors (Lipinski definition) is 3. The minimum absolute atomic E-state index is 0.588. The molecular weight excluding hydrogens is 807 g/mol. The van der Waals surface area contributed by atoms with Gasteiger partial charge in [0.15, 0.2) is 0 Å². The van der Waals surface area contributed by atoms with E-state index >= 15 is 0 Å². The molecule has 0 saturated heterocycles. The van der Waals surface area contributed by atoms with Crippen molar-refractivity contribution in [2.75, 3.05) is 9.80 Å². The summed E-state index contributed by atoms with van der Waals surface area (Å²) >= 11 is 1.86. The summed E-state index contributed by atoms with van der Waals surface area (Å²) in [5.41, 5.74) is 17.5. The molecule has 0 amide bonds. The molecule has 2 aliphatic rings. The molecule has 10 aromatic carbocycles. The third kappa shape index (κ3) is 5.00. The first-order valence-corrected chi connectivity index (χ1v) is 23.2. The molecule has 4 heteroatoms. The van der Waals surface area contributed by atoms with Crippen molar-refractivity contribution >= 4 is 87.4 Å². The van der Waals surface area contributed by atoms with Gasteiger partial charge in [0, 0.05) is 53.7 Å². The van der Waals surface area contributed by atoms with Gasteiger partial charge in [0.25, 0.3) is 0 Å². The van der Waals surface area contributed by atoms with Gasteiger partial charge in [-0.1, -0.05) is 158 Å². The molecule has 0 atom stereocenters. The average Bonchev–Trinajstić information content (AvgIpc) is 4.02. The molecule has 0 unspecified atom stereocenters. The van der Waals surface area contributed by atoms with Crippen molar-refractivity contribution in [2.45, 2.75) is 5.41 Å². The molecule has 0 bridgehead atoms. The van der Waals surface area contributed by atoms with Gasteiger partial charge in [-0.3, -0.25) is 0 Å². The SMILES string of the molecule is c1ccc(N(c2ccccc2)c2ccc3sc4ccccc4c3c2N(c2ccccc2)c2ccc3c(c2)C2(c4ccccc4-c4ccccc42)c2cccc4c5ccccc5n-3c24)cc1. The lowest BCUT2D eigenvalue weighted by molar-refractivity contribution is 0.748. The zero-order chi connectivity index (χ0) is 42.6. The van der Waals surface area contributed by atoms with Crippen LogP contribution in [0.2, 0.25) is 0 Å². The van der Waals surface area contributed by atoms with Gasteiger partial charge >= 0.3 is 0 Å². The quantitative estimate of drug-likeness (QED) is 0.165. The van der Waals surface area contributed by atoms with Crippen LogP contribution < -0.4 is 9.80 Å². The first-order chi connectivity index (χ1) is 32.3. The second-order valence-electron chi connectivity index (χ2n) is 17.2. The third-order valence-corrected chi connectivity index (χ3v) is 15.1. The molecular formula is C61H39N3S. The number of aromatic nitrogens is 1. The van der Waals surface area contributed by atoms with Gasteiger partial charge in [0.05, 0.1) is 33.5 Å². The van der Waals surface area contributed by atoms with Gasteiger partial charge in [0.1, 0.15) is 0 Å². The summed E-state index contributed by atoms with van der Waals surface area (Å²) in [6.07, 6.45) is 0. The van der Waals surface area contributed by atoms with Gasteiger partial charge in [0.2, 0.25) is 0 Å². The minimum atomic E-state index is -0.588. The molecule has 304 valence electrons. The van der Waals surface area contributed by atoms with E-state index in [9.17, 15) is 0 Å². The highest BCUT2D eigenvalue weighted by molar-refractivity contribution is 7.26. The lowest BCUT2D eigenvalue weighted by atomic mass is 9.65. The van der Waals surface area contributed by atoms with Crippen LogP contribution in [0.25, 0.3) is 58.8 Å². The molecule has 12 aromatic rings. The number of para-hydroxylation sites is 5. The molecule has 0 radical (unpaired) electrons. The van der Waals surface area contributed by atoms with Crippen molar-refractivity contribution in [3.05, 3.63) is 259 Å². The van der Waals surface area contributed by atoms with E-state index in [1.165, 1.54) is 81.0 Å². The number of benzene rings is 10. The summed E-state index contributed by atoms with van der Waals surface area (Å²) in [7, 11) is 0. The molecule has 1 spiro atoms. The Bertz CT molecular complexity index is 3760. The van der Waals surface area contributed by atoms with Crippen LogP contribution in [0, 0.1) is 0 Å². The van der Waals surface area contributed by atoms with Crippen molar-refractivity contribution < 1.29 is 0 Å². The summed E-state index contributed by atoms with van der Waals surface area (Å²) < 4.78 is 5.06. The maximum absolute atomic E-state index is 2.55. The molecule has 0 saturated carbocycles. The monoisotopic (exact) mass is 845 g/mol. The summed E-state index contributed by atoms with van der Waals surface area (Å²) in [5.74, 6) is 0. The molecule has 65 heavy (non-hydrogen) atoms. The van der Waals surface area contributed by atoms with Gasteiger partial charge < -0.3 is 14.4 Å². The van der Waals surface area contributed by atoms with Crippen molar-refractivity contribution in [3.63, 3.8) is 0 Å². The molecule has 3 nitrogen and oxygen atoms in total. The normalized spacial score (nSPS) is 13.0. The topological polar surface area (TPSA) is 11.4 Å². The Kier molecular flexibility index (Phi) is 7.77. The van der Waals surface area contributed by atoms with Crippen LogP contribution in [0.5, 0.6) is 0 Å². The Morgan fingerprint density at radius 2 is 0.923 bits per heavy atom. The van der Waals surface area contributed by atoms with Gasteiger partial charge in [-0.25, -0.2) is 0 Å². The third-order valence-electron chi connectivity index (χ3n) is 13.9. The smallest absolute Gasteiger partial charge is 0.0796 e. The van der Waals surface area contributed by atoms with Crippen molar-refractivity contribution in [2.24, 2.45) is 0 Å². The number of anilines is 6. The first-order valence-electron chi connectivity index (χ1n) is 22.4. The summed E-state index contributed by atoms with van der Waals surface area (Å²) in [5, 5.41) is 5.03. The minimum Gasteiger partial charge on any atom is -0.309 e. The highest BCUT2D eigenvalue weighted by Crippen LogP contribution is 2.62. The summed E-state index contributed by atoms with van der Waals surface area (Å²) in [4.78, 5) is 4.97. The number of nitrogens with zero attached hydrogens (tertiary/aromatic N) is 3. The van der Waals surface area contributed by atoms with Crippen LogP contribution in [0.3, 0.4) is 0 Å². The van der Waals surface area contributed by atoms with Crippen LogP contribution in [-0.2, 0) is 5.41 Å². The molecule has 3 heterocycles. The summed E-state index contributed by atoms with van der Waals surface area (Å²) in [6.45, 7) is 0. The van der Waals surface area contributed by atoms with E-state index in [0.717, 1.165) is 34.1 Å². The fraction of sp³-hybridized carbons (Fsp3) is 0.0164. The second kappa shape index (κ2) is 13.9. The van der Waals surface area contributed by atoms with E-state index in [0.29, 0.717) is 0 Å². The van der Waals surface area contributed by atoms with Crippen LogP contribution in [0.1, 0.15) is 22.3 Å². The second-order valence-corrected chi connectivity index (χ2v) is 18.3. The molecule has 0 fully saturated rings. The van der Waals surface area contributed by atoms with Crippen LogP contribution in [0.4, 0.5) is 34.1 Å². The Labute approximate surface area is 380 Å². The number of hydrogen-bond donors (Lipinski definition) is 0. The average molecular weight is 846 g/mol. The van der Waals surface area contributed by atoms with E-state index < -0.39 is 5.41 Å². The van der Waals surface area contributed by atoms with Crippen molar-refractivity contribution in [3.8, 4) is 16.8 Å². The van der Waals surface area contributed by atoms with Gasteiger partial charge in [-0.05, 0) is 112 Å². The lowest BCUT2D eigenvalue weighted by Gasteiger charge is -2.40. The van der Waals surface area contributed by atoms with E-state index in [1.807, 2.05) is 11.3 Å². The zero-order valence-corrected chi connectivity index (χ0v) is 36.1. The maximum Gasteiger partial charge on any atom is 0.0796 e. The molecule has 14 rings (SSSR count). The molecule has 0 N–H and O–H groups in total. The fourth-order valence-corrected chi connectivity index (χ4v) is 12.6. The Morgan fingerprint density at radius 3 is 1.62 bits per heavy atom. The largest absolute Gasteiger partial charge is 0.309 e. The van der Waals surface area contributed by atoms with Crippen LogP contribution >= 0.6 is 11.3 Å². The fourth-order valence-electron chi connectivity index (χ4n) is 11.5. The Morgan fingerprint density at radius 1 is 0.369 bits per heavy atom. The highest BCUT2D eigenvalue weighted by Gasteiger charge is 2.51. The molecule has 1 aliphatic heterocycles. The summed E-state index contributed by atoms with van der Waals surface area (Å²) in [6, 6.07) is 87.7. The molecule has 2 aromatic heterocycles. The van der Waals surface area contributed by atoms with Crippen LogP contribution in [-0.4, -0.2) is 4.57 Å².